The Hall–Kier alpha value is -0.520. The summed E-state index contributed by atoms with van der Waals surface area (Å²) >= 11 is 12.2. The third-order valence-electron chi connectivity index (χ3n) is 4.22. The van der Waals surface area contributed by atoms with Crippen LogP contribution in [0.25, 0.3) is 0 Å². The maximum atomic E-state index is 12.2. The zero-order valence-corrected chi connectivity index (χ0v) is 15.8. The highest BCUT2D eigenvalue weighted by Gasteiger charge is 2.19. The average Bonchev–Trinajstić information content (AvgIpc) is 2.52. The molecule has 0 spiro atoms. The molecule has 0 aromatic heterocycles. The molecule has 7 heteroatoms. The summed E-state index contributed by atoms with van der Waals surface area (Å²) in [5, 5.41) is 4.56. The minimum Gasteiger partial charge on any atom is -0.340 e. The van der Waals surface area contributed by atoms with Crippen molar-refractivity contribution in [2.24, 2.45) is 0 Å². The molecule has 0 aliphatic carbocycles. The van der Waals surface area contributed by atoms with E-state index in [0.29, 0.717) is 23.0 Å². The number of piperazine rings is 1. The summed E-state index contributed by atoms with van der Waals surface area (Å²) in [4.78, 5) is 16.3. The molecule has 1 aromatic rings. The monoisotopic (exact) mass is 379 g/mol. The van der Waals surface area contributed by atoms with Crippen molar-refractivity contribution >= 4 is 41.5 Å². The highest BCUT2D eigenvalue weighted by atomic mass is 35.5. The van der Waals surface area contributed by atoms with E-state index >= 15 is 0 Å². The predicted molar refractivity (Wildman–Crippen MR) is 98.8 cm³/mol. The zero-order chi connectivity index (χ0) is 16.1. The number of amides is 1. The van der Waals surface area contributed by atoms with Gasteiger partial charge >= 0.3 is 0 Å². The Morgan fingerprint density at radius 2 is 2.00 bits per heavy atom. The van der Waals surface area contributed by atoms with Gasteiger partial charge in [-0.15, -0.1) is 12.4 Å². The van der Waals surface area contributed by atoms with E-state index < -0.39 is 0 Å². The van der Waals surface area contributed by atoms with E-state index in [1.54, 1.807) is 6.07 Å². The van der Waals surface area contributed by atoms with Crippen LogP contribution in [0.2, 0.25) is 10.0 Å². The van der Waals surface area contributed by atoms with Crippen LogP contribution in [0.3, 0.4) is 0 Å². The number of rotatable bonds is 5. The summed E-state index contributed by atoms with van der Waals surface area (Å²) in [6.45, 7) is 6.19. The van der Waals surface area contributed by atoms with Crippen molar-refractivity contribution in [1.29, 1.82) is 0 Å². The second-order valence-corrected chi connectivity index (χ2v) is 6.55. The van der Waals surface area contributed by atoms with Crippen molar-refractivity contribution in [3.63, 3.8) is 0 Å². The molecule has 1 aromatic carbocycles. The molecule has 0 saturated carbocycles. The molecule has 1 amide bonds. The Balaban J connectivity index is 0.00000264. The first-order valence-electron chi connectivity index (χ1n) is 7.62. The first-order valence-corrected chi connectivity index (χ1v) is 8.38. The normalized spacial score (nSPS) is 16.1. The van der Waals surface area contributed by atoms with Crippen LogP contribution in [0.5, 0.6) is 0 Å². The van der Waals surface area contributed by atoms with Crippen LogP contribution in [-0.2, 0) is 4.79 Å². The van der Waals surface area contributed by atoms with Crippen LogP contribution in [0.1, 0.15) is 24.9 Å². The Kier molecular flexibility index (Phi) is 8.65. The largest absolute Gasteiger partial charge is 0.340 e. The highest BCUT2D eigenvalue weighted by Crippen LogP contribution is 2.29. The lowest BCUT2D eigenvalue weighted by Gasteiger charge is -2.30. The maximum absolute atomic E-state index is 12.2. The number of carbonyl (C=O) groups is 1. The summed E-state index contributed by atoms with van der Waals surface area (Å²) < 4.78 is 0. The summed E-state index contributed by atoms with van der Waals surface area (Å²) in [5.41, 5.74) is 1.03. The summed E-state index contributed by atoms with van der Waals surface area (Å²) in [7, 11) is 2.01. The van der Waals surface area contributed by atoms with Crippen molar-refractivity contribution in [1.82, 2.24) is 15.1 Å². The molecule has 23 heavy (non-hydrogen) atoms. The molecule has 130 valence electrons. The predicted octanol–water partition coefficient (Wildman–Crippen LogP) is 3.23. The first kappa shape index (κ1) is 20.5. The molecule has 1 atom stereocenters. The quantitative estimate of drug-likeness (QED) is 0.852. The lowest BCUT2D eigenvalue weighted by atomic mass is 10.1. The molecule has 1 saturated heterocycles. The Bertz CT molecular complexity index is 521. The molecule has 1 aliphatic rings. The third-order valence-corrected chi connectivity index (χ3v) is 4.78. The number of halogens is 3. The maximum Gasteiger partial charge on any atom is 0.223 e. The van der Waals surface area contributed by atoms with Gasteiger partial charge in [0.1, 0.15) is 0 Å². The van der Waals surface area contributed by atoms with E-state index in [-0.39, 0.29) is 24.4 Å². The van der Waals surface area contributed by atoms with Gasteiger partial charge in [0.25, 0.3) is 0 Å². The van der Waals surface area contributed by atoms with E-state index in [1.165, 1.54) is 0 Å². The van der Waals surface area contributed by atoms with Crippen molar-refractivity contribution in [3.05, 3.63) is 33.8 Å². The van der Waals surface area contributed by atoms with Crippen LogP contribution in [0.15, 0.2) is 18.2 Å². The van der Waals surface area contributed by atoms with Gasteiger partial charge in [-0.25, -0.2) is 0 Å². The molecule has 2 rings (SSSR count). The van der Waals surface area contributed by atoms with Gasteiger partial charge in [-0.3, -0.25) is 9.69 Å². The van der Waals surface area contributed by atoms with Gasteiger partial charge in [0, 0.05) is 55.2 Å². The molecule has 1 N–H and O–H groups in total. The average molecular weight is 381 g/mol. The zero-order valence-electron chi connectivity index (χ0n) is 13.5. The minimum atomic E-state index is 0. The number of carbonyl (C=O) groups excluding carboxylic acids is 1. The second kappa shape index (κ2) is 9.70. The SMILES string of the molecule is CC(c1ccc(Cl)cc1Cl)N(C)CCC(=O)N1CCNCC1.Cl. The van der Waals surface area contributed by atoms with Gasteiger partial charge in [0.2, 0.25) is 5.91 Å². The van der Waals surface area contributed by atoms with Gasteiger partial charge < -0.3 is 10.2 Å². The summed E-state index contributed by atoms with van der Waals surface area (Å²) in [5.74, 6) is 0.225. The van der Waals surface area contributed by atoms with Crippen molar-refractivity contribution in [2.45, 2.75) is 19.4 Å². The van der Waals surface area contributed by atoms with Gasteiger partial charge in [0.15, 0.2) is 0 Å². The standard InChI is InChI=1S/C16H23Cl2N3O.ClH/c1-12(14-4-3-13(17)11-15(14)18)20(2)8-5-16(22)21-9-6-19-7-10-21;/h3-4,11-12,19H,5-10H2,1-2H3;1H. The topological polar surface area (TPSA) is 35.6 Å². The Morgan fingerprint density at radius 3 is 2.61 bits per heavy atom. The fourth-order valence-electron chi connectivity index (χ4n) is 2.62. The second-order valence-electron chi connectivity index (χ2n) is 5.70. The molecule has 1 heterocycles. The first-order chi connectivity index (χ1) is 10.5. The van der Waals surface area contributed by atoms with Crippen LogP contribution in [0.4, 0.5) is 0 Å². The van der Waals surface area contributed by atoms with Crippen LogP contribution >= 0.6 is 35.6 Å². The third kappa shape index (κ3) is 5.80. The molecule has 0 radical (unpaired) electrons. The van der Waals surface area contributed by atoms with Crippen LogP contribution < -0.4 is 5.32 Å². The lowest BCUT2D eigenvalue weighted by molar-refractivity contribution is -0.132. The molecule has 1 fully saturated rings. The van der Waals surface area contributed by atoms with Gasteiger partial charge in [-0.05, 0) is 31.7 Å². The number of hydrogen-bond acceptors (Lipinski definition) is 3. The van der Waals surface area contributed by atoms with Crippen molar-refractivity contribution < 1.29 is 4.79 Å². The summed E-state index contributed by atoms with van der Waals surface area (Å²) in [6.07, 6.45) is 0.534. The fourth-order valence-corrected chi connectivity index (χ4v) is 3.18. The van der Waals surface area contributed by atoms with E-state index in [4.69, 9.17) is 23.2 Å². The molecular formula is C16H24Cl3N3O. The molecular weight excluding hydrogens is 357 g/mol. The molecule has 1 aliphatic heterocycles. The minimum absolute atomic E-state index is 0. The van der Waals surface area contributed by atoms with Gasteiger partial charge in [0.05, 0.1) is 0 Å². The highest BCUT2D eigenvalue weighted by molar-refractivity contribution is 6.35. The van der Waals surface area contributed by atoms with Gasteiger partial charge in [-0.2, -0.15) is 0 Å². The van der Waals surface area contributed by atoms with E-state index in [2.05, 4.69) is 17.1 Å². The van der Waals surface area contributed by atoms with Crippen molar-refractivity contribution in [2.75, 3.05) is 39.8 Å². The molecule has 0 bridgehead atoms. The lowest BCUT2D eigenvalue weighted by Crippen LogP contribution is -2.47. The van der Waals surface area contributed by atoms with Crippen molar-refractivity contribution in [3.8, 4) is 0 Å². The van der Waals surface area contributed by atoms with E-state index in [1.807, 2.05) is 24.1 Å². The number of benzene rings is 1. The molecule has 1 unspecified atom stereocenters. The number of hydrogen-bond donors (Lipinski definition) is 1. The summed E-state index contributed by atoms with van der Waals surface area (Å²) in [6, 6.07) is 5.69. The Labute approximate surface area is 154 Å². The number of nitrogens with zero attached hydrogens (tertiary/aromatic N) is 2. The van der Waals surface area contributed by atoms with Gasteiger partial charge in [-0.1, -0.05) is 29.3 Å². The number of nitrogens with one attached hydrogen (secondary N) is 1. The molecule has 4 nitrogen and oxygen atoms in total. The van der Waals surface area contributed by atoms with Crippen LogP contribution in [0, 0.1) is 0 Å². The smallest absolute Gasteiger partial charge is 0.223 e. The Morgan fingerprint density at radius 1 is 1.35 bits per heavy atom. The fraction of sp³-hybridized carbons (Fsp3) is 0.562. The van der Waals surface area contributed by atoms with E-state index in [9.17, 15) is 4.79 Å². The van der Waals surface area contributed by atoms with Crippen LogP contribution in [-0.4, -0.2) is 55.5 Å². The van der Waals surface area contributed by atoms with E-state index in [0.717, 1.165) is 31.7 Å².